The molecule has 4 aliphatic rings. The monoisotopic (exact) mass is 439 g/mol. The predicted octanol–water partition coefficient (Wildman–Crippen LogP) is 3.47. The Balaban J connectivity index is 0.00000218. The molecule has 0 radical (unpaired) electrons. The van der Waals surface area contributed by atoms with Gasteiger partial charge in [-0.2, -0.15) is 13.2 Å². The summed E-state index contributed by atoms with van der Waals surface area (Å²) in [6, 6.07) is 5.95. The van der Waals surface area contributed by atoms with Gasteiger partial charge in [-0.1, -0.05) is 24.3 Å². The van der Waals surface area contributed by atoms with Gasteiger partial charge in [0, 0.05) is 32.7 Å². The lowest BCUT2D eigenvalue weighted by Gasteiger charge is -2.22. The van der Waals surface area contributed by atoms with E-state index < -0.39 is 11.7 Å². The molecule has 3 heterocycles. The first-order valence-corrected chi connectivity index (χ1v) is 10.2. The number of hydrogen-bond acceptors (Lipinski definition) is 3. The van der Waals surface area contributed by atoms with Gasteiger partial charge in [-0.15, -0.1) is 12.4 Å². The number of hydrogen-bond donors (Lipinski definition) is 2. The quantitative estimate of drug-likeness (QED) is 0.741. The number of carbonyl (C=O) groups excluding carboxylic acids is 1. The summed E-state index contributed by atoms with van der Waals surface area (Å²) in [6.45, 7) is 3.51. The van der Waals surface area contributed by atoms with Gasteiger partial charge in [-0.3, -0.25) is 4.79 Å². The maximum absolute atomic E-state index is 13.4. The van der Waals surface area contributed by atoms with E-state index in [1.54, 1.807) is 12.1 Å². The third-order valence-electron chi connectivity index (χ3n) is 6.90. The summed E-state index contributed by atoms with van der Waals surface area (Å²) in [6.07, 6.45) is -0.772. The highest BCUT2D eigenvalue weighted by Gasteiger charge is 2.45. The fourth-order valence-electron chi connectivity index (χ4n) is 5.54. The number of fused-ring (bicyclic) bond motifs is 2. The van der Waals surface area contributed by atoms with Crippen molar-refractivity contribution in [3.8, 4) is 0 Å². The number of alkyl halides is 3. The molecule has 8 heteroatoms. The Morgan fingerprint density at radius 3 is 2.47 bits per heavy atom. The van der Waals surface area contributed by atoms with E-state index in [1.165, 1.54) is 17.7 Å². The fourth-order valence-corrected chi connectivity index (χ4v) is 5.54. The molecule has 5 rings (SSSR count). The number of benzene rings is 1. The Kier molecular flexibility index (Phi) is 5.62. The Morgan fingerprint density at radius 1 is 1.07 bits per heavy atom. The molecule has 30 heavy (non-hydrogen) atoms. The molecule has 1 amide bonds. The highest BCUT2D eigenvalue weighted by atomic mass is 35.5. The summed E-state index contributed by atoms with van der Waals surface area (Å²) in [7, 11) is 0. The standard InChI is InChI=1S/C22H24F3N3O.ClH/c23-22(24,25)19-4-2-1-3-17(19)14-7-15-11-28(12-16(15)8-14)21(29)20-18-10-26-6-5-13(18)9-27-20;/h1-5,14-16,26-27H,6-12H2;1H/t14?,15-,16+;. The van der Waals surface area contributed by atoms with Crippen molar-refractivity contribution in [3.05, 3.63) is 58.3 Å². The normalized spacial score (nSPS) is 27.9. The van der Waals surface area contributed by atoms with E-state index in [2.05, 4.69) is 16.7 Å². The largest absolute Gasteiger partial charge is 0.416 e. The molecule has 1 saturated carbocycles. The molecule has 3 aliphatic heterocycles. The first kappa shape index (κ1) is 21.2. The number of rotatable bonds is 2. The minimum atomic E-state index is -4.32. The molecule has 3 atom stereocenters. The smallest absolute Gasteiger partial charge is 0.376 e. The summed E-state index contributed by atoms with van der Waals surface area (Å²) >= 11 is 0. The van der Waals surface area contributed by atoms with Gasteiger partial charge in [0.15, 0.2) is 0 Å². The average molecular weight is 440 g/mol. The van der Waals surface area contributed by atoms with E-state index in [-0.39, 0.29) is 36.1 Å². The second kappa shape index (κ2) is 7.93. The molecule has 0 spiro atoms. The van der Waals surface area contributed by atoms with Crippen molar-refractivity contribution in [1.29, 1.82) is 0 Å². The molecule has 1 saturated heterocycles. The summed E-state index contributed by atoms with van der Waals surface area (Å²) in [5, 5.41) is 6.53. The van der Waals surface area contributed by atoms with Crippen LogP contribution in [0.15, 0.2) is 47.2 Å². The number of nitrogens with one attached hydrogen (secondary N) is 2. The number of likely N-dealkylation sites (tertiary alicyclic amines) is 1. The number of nitrogens with zero attached hydrogens (tertiary/aromatic N) is 1. The maximum atomic E-state index is 13.4. The summed E-state index contributed by atoms with van der Waals surface area (Å²) in [5.74, 6) is 0.506. The van der Waals surface area contributed by atoms with Crippen molar-refractivity contribution in [2.75, 3.05) is 32.7 Å². The van der Waals surface area contributed by atoms with Crippen LogP contribution in [-0.2, 0) is 11.0 Å². The predicted molar refractivity (Wildman–Crippen MR) is 110 cm³/mol. The Labute approximate surface area is 180 Å². The molecule has 1 aliphatic carbocycles. The van der Waals surface area contributed by atoms with Crippen molar-refractivity contribution in [3.63, 3.8) is 0 Å². The molecule has 1 unspecified atom stereocenters. The SMILES string of the molecule is Cl.O=C(C1=C2CNCC=C2CN1)N1C[C@H]2CC(c3ccccc3C(F)(F)F)C[C@H]2C1. The van der Waals surface area contributed by atoms with Gasteiger partial charge in [0.1, 0.15) is 5.70 Å². The van der Waals surface area contributed by atoms with Gasteiger partial charge in [0.2, 0.25) is 0 Å². The summed E-state index contributed by atoms with van der Waals surface area (Å²) < 4.78 is 40.2. The molecule has 4 nitrogen and oxygen atoms in total. The van der Waals surface area contributed by atoms with Gasteiger partial charge in [0.25, 0.3) is 5.91 Å². The molecule has 162 valence electrons. The Morgan fingerprint density at radius 2 is 1.77 bits per heavy atom. The molecule has 0 aromatic heterocycles. The minimum Gasteiger partial charge on any atom is -0.376 e. The van der Waals surface area contributed by atoms with E-state index in [0.717, 1.165) is 12.1 Å². The summed E-state index contributed by atoms with van der Waals surface area (Å²) in [5.41, 5.74) is 2.87. The van der Waals surface area contributed by atoms with Crippen molar-refractivity contribution in [2.45, 2.75) is 24.9 Å². The van der Waals surface area contributed by atoms with Crippen LogP contribution in [0.3, 0.4) is 0 Å². The summed E-state index contributed by atoms with van der Waals surface area (Å²) in [4.78, 5) is 15.0. The zero-order valence-corrected chi connectivity index (χ0v) is 17.3. The number of carbonyl (C=O) groups is 1. The average Bonchev–Trinajstić information content (AvgIpc) is 3.39. The van der Waals surface area contributed by atoms with E-state index in [0.29, 0.717) is 50.3 Å². The second-order valence-corrected chi connectivity index (χ2v) is 8.55. The Hall–Kier alpha value is -1.99. The lowest BCUT2D eigenvalue weighted by molar-refractivity contribution is -0.138. The van der Waals surface area contributed by atoms with Crippen molar-refractivity contribution >= 4 is 18.3 Å². The van der Waals surface area contributed by atoms with Crippen molar-refractivity contribution < 1.29 is 18.0 Å². The number of amides is 1. The van der Waals surface area contributed by atoms with Crippen molar-refractivity contribution in [1.82, 2.24) is 15.5 Å². The van der Waals surface area contributed by atoms with Gasteiger partial charge in [-0.25, -0.2) is 0 Å². The lowest BCUT2D eigenvalue weighted by atomic mass is 9.91. The van der Waals surface area contributed by atoms with E-state index in [1.807, 2.05) is 4.90 Å². The first-order chi connectivity index (χ1) is 13.9. The lowest BCUT2D eigenvalue weighted by Crippen LogP contribution is -2.35. The van der Waals surface area contributed by atoms with Gasteiger partial charge < -0.3 is 15.5 Å². The Bertz CT molecular complexity index is 897. The van der Waals surface area contributed by atoms with Gasteiger partial charge >= 0.3 is 6.18 Å². The molecule has 2 fully saturated rings. The molecule has 1 aromatic carbocycles. The third-order valence-corrected chi connectivity index (χ3v) is 6.90. The van der Waals surface area contributed by atoms with Crippen LogP contribution in [0.5, 0.6) is 0 Å². The van der Waals surface area contributed by atoms with Crippen LogP contribution in [0.2, 0.25) is 0 Å². The maximum Gasteiger partial charge on any atom is 0.416 e. The topological polar surface area (TPSA) is 44.4 Å². The third kappa shape index (κ3) is 3.62. The second-order valence-electron chi connectivity index (χ2n) is 8.55. The molecule has 2 N–H and O–H groups in total. The van der Waals surface area contributed by atoms with Gasteiger partial charge in [0.05, 0.1) is 5.56 Å². The van der Waals surface area contributed by atoms with Crippen LogP contribution in [0, 0.1) is 11.8 Å². The highest BCUT2D eigenvalue weighted by molar-refractivity contribution is 5.95. The van der Waals surface area contributed by atoms with Crippen molar-refractivity contribution in [2.24, 2.45) is 11.8 Å². The van der Waals surface area contributed by atoms with Crippen LogP contribution in [0.4, 0.5) is 13.2 Å². The van der Waals surface area contributed by atoms with Crippen LogP contribution in [0.1, 0.15) is 29.9 Å². The van der Waals surface area contributed by atoms with Crippen LogP contribution < -0.4 is 10.6 Å². The zero-order chi connectivity index (χ0) is 20.2. The fraction of sp³-hybridized carbons (Fsp3) is 0.500. The van der Waals surface area contributed by atoms with Crippen LogP contribution in [-0.4, -0.2) is 43.5 Å². The number of halogens is 4. The first-order valence-electron chi connectivity index (χ1n) is 10.2. The molecule has 0 bridgehead atoms. The minimum absolute atomic E-state index is 0. The zero-order valence-electron chi connectivity index (χ0n) is 16.5. The molecule has 1 aromatic rings. The van der Waals surface area contributed by atoms with E-state index >= 15 is 0 Å². The van der Waals surface area contributed by atoms with Crippen LogP contribution >= 0.6 is 12.4 Å². The highest BCUT2D eigenvalue weighted by Crippen LogP contribution is 2.49. The molecular formula is C22H25ClF3N3O. The van der Waals surface area contributed by atoms with E-state index in [4.69, 9.17) is 0 Å². The van der Waals surface area contributed by atoms with Crippen LogP contribution in [0.25, 0.3) is 0 Å². The van der Waals surface area contributed by atoms with Gasteiger partial charge in [-0.05, 0) is 53.4 Å². The molecular weight excluding hydrogens is 415 g/mol. The van der Waals surface area contributed by atoms with E-state index in [9.17, 15) is 18.0 Å².